The lowest BCUT2D eigenvalue weighted by Gasteiger charge is -2.27. The number of nitrogens with zero attached hydrogens (tertiary/aromatic N) is 1. The maximum atomic E-state index is 12.7. The molecule has 9 nitrogen and oxygen atoms in total. The molecule has 3 rings (SSSR count). The van der Waals surface area contributed by atoms with Crippen molar-refractivity contribution in [3.8, 4) is 16.9 Å². The molecule has 0 saturated heterocycles. The monoisotopic (exact) mass is 451 g/mol. The lowest BCUT2D eigenvalue weighted by Crippen LogP contribution is -2.56. The SMILES string of the molecule is COc1ccc(C(CC(=O)O)NC(=O)NC2C(=O)C(C)=CN(C)C2=O)cc1-c1ccccc1. The zero-order valence-corrected chi connectivity index (χ0v) is 18.5. The number of hydrogen-bond acceptors (Lipinski definition) is 5. The molecule has 0 radical (unpaired) electrons. The Bertz CT molecular complexity index is 1110. The molecule has 1 aliphatic heterocycles. The Kier molecular flexibility index (Phi) is 7.12. The number of ether oxygens (including phenoxy) is 1. The number of carbonyl (C=O) groups excluding carboxylic acids is 3. The molecule has 2 atom stereocenters. The van der Waals surface area contributed by atoms with Crippen molar-refractivity contribution in [1.29, 1.82) is 0 Å². The summed E-state index contributed by atoms with van der Waals surface area (Å²) in [5.41, 5.74) is 2.44. The first-order valence-corrected chi connectivity index (χ1v) is 10.2. The number of ketones is 1. The molecular formula is C24H25N3O6. The van der Waals surface area contributed by atoms with E-state index in [0.717, 1.165) is 11.1 Å². The molecule has 172 valence electrons. The van der Waals surface area contributed by atoms with Crippen LogP contribution in [0.15, 0.2) is 60.3 Å². The van der Waals surface area contributed by atoms with E-state index in [1.54, 1.807) is 25.1 Å². The highest BCUT2D eigenvalue weighted by molar-refractivity contribution is 6.16. The van der Waals surface area contributed by atoms with E-state index in [1.165, 1.54) is 25.3 Å². The minimum Gasteiger partial charge on any atom is -0.496 e. The zero-order chi connectivity index (χ0) is 24.1. The van der Waals surface area contributed by atoms with Gasteiger partial charge in [-0.15, -0.1) is 0 Å². The van der Waals surface area contributed by atoms with Gasteiger partial charge in [0, 0.05) is 24.4 Å². The van der Waals surface area contributed by atoms with Crippen LogP contribution in [0.1, 0.15) is 24.9 Å². The van der Waals surface area contributed by atoms with Gasteiger partial charge in [-0.3, -0.25) is 14.4 Å². The molecule has 9 heteroatoms. The maximum absolute atomic E-state index is 12.7. The smallest absolute Gasteiger partial charge is 0.316 e. The number of carboxylic acids is 1. The molecule has 3 amide bonds. The summed E-state index contributed by atoms with van der Waals surface area (Å²) in [4.78, 5) is 50.1. The third-order valence-corrected chi connectivity index (χ3v) is 5.30. The van der Waals surface area contributed by atoms with Crippen LogP contribution in [0, 0.1) is 0 Å². The molecule has 3 N–H and O–H groups in total. The van der Waals surface area contributed by atoms with Crippen molar-refractivity contribution in [3.05, 3.63) is 65.9 Å². The average molecular weight is 451 g/mol. The van der Waals surface area contributed by atoms with Gasteiger partial charge in [-0.2, -0.15) is 0 Å². The molecule has 0 bridgehead atoms. The fourth-order valence-electron chi connectivity index (χ4n) is 3.63. The molecule has 33 heavy (non-hydrogen) atoms. The third-order valence-electron chi connectivity index (χ3n) is 5.30. The molecule has 0 spiro atoms. The van der Waals surface area contributed by atoms with Crippen LogP contribution in [0.3, 0.4) is 0 Å². The van der Waals surface area contributed by atoms with E-state index in [9.17, 15) is 24.3 Å². The highest BCUT2D eigenvalue weighted by Gasteiger charge is 2.35. The number of likely N-dealkylation sites (N-methyl/N-ethyl adjacent to an activating group) is 1. The molecule has 2 unspecified atom stereocenters. The van der Waals surface area contributed by atoms with Crippen molar-refractivity contribution in [3.63, 3.8) is 0 Å². The summed E-state index contributed by atoms with van der Waals surface area (Å²) in [6.07, 6.45) is 0.996. The van der Waals surface area contributed by atoms with E-state index in [1.807, 2.05) is 30.3 Å². The van der Waals surface area contributed by atoms with Gasteiger partial charge in [-0.1, -0.05) is 36.4 Å². The van der Waals surface area contributed by atoms with Crippen molar-refractivity contribution < 1.29 is 29.0 Å². The summed E-state index contributed by atoms with van der Waals surface area (Å²) >= 11 is 0. The maximum Gasteiger partial charge on any atom is 0.316 e. The van der Waals surface area contributed by atoms with Crippen LogP contribution in [-0.2, 0) is 14.4 Å². The summed E-state index contributed by atoms with van der Waals surface area (Å²) in [7, 11) is 3.02. The minimum absolute atomic E-state index is 0.326. The lowest BCUT2D eigenvalue weighted by atomic mass is 9.97. The molecule has 2 aromatic carbocycles. The van der Waals surface area contributed by atoms with Crippen molar-refractivity contribution in [2.75, 3.05) is 14.2 Å². The number of rotatable bonds is 7. The molecule has 1 heterocycles. The number of Topliss-reactive ketones (excluding diaryl/α,β-unsaturated/α-hetero) is 1. The van der Waals surface area contributed by atoms with E-state index in [0.29, 0.717) is 16.9 Å². The first-order chi connectivity index (χ1) is 15.7. The van der Waals surface area contributed by atoms with Gasteiger partial charge >= 0.3 is 12.0 Å². The number of nitrogens with one attached hydrogen (secondary N) is 2. The second kappa shape index (κ2) is 9.99. The molecule has 1 aliphatic rings. The van der Waals surface area contributed by atoms with Crippen LogP contribution in [0.25, 0.3) is 11.1 Å². The van der Waals surface area contributed by atoms with Gasteiger partial charge in [0.25, 0.3) is 5.91 Å². The third kappa shape index (κ3) is 5.38. The van der Waals surface area contributed by atoms with Crippen molar-refractivity contribution >= 4 is 23.7 Å². The summed E-state index contributed by atoms with van der Waals surface area (Å²) in [6, 6.07) is 11.4. The number of methoxy groups -OCH3 is 1. The second-order valence-corrected chi connectivity index (χ2v) is 7.65. The first kappa shape index (κ1) is 23.5. The Balaban J connectivity index is 1.87. The summed E-state index contributed by atoms with van der Waals surface area (Å²) in [5.74, 6) is -1.63. The first-order valence-electron chi connectivity index (χ1n) is 10.2. The predicted molar refractivity (Wildman–Crippen MR) is 120 cm³/mol. The predicted octanol–water partition coefficient (Wildman–Crippen LogP) is 2.49. The molecular weight excluding hydrogens is 426 g/mol. The number of amides is 3. The Morgan fingerprint density at radius 2 is 1.85 bits per heavy atom. The van der Waals surface area contributed by atoms with Crippen molar-refractivity contribution in [1.82, 2.24) is 15.5 Å². The van der Waals surface area contributed by atoms with Gasteiger partial charge in [0.1, 0.15) is 5.75 Å². The number of hydrogen-bond donors (Lipinski definition) is 3. The Morgan fingerprint density at radius 1 is 1.15 bits per heavy atom. The van der Waals surface area contributed by atoms with Gasteiger partial charge in [-0.25, -0.2) is 4.79 Å². The second-order valence-electron chi connectivity index (χ2n) is 7.65. The average Bonchev–Trinajstić information content (AvgIpc) is 2.80. The Labute approximate surface area is 191 Å². The van der Waals surface area contributed by atoms with Gasteiger partial charge in [0.15, 0.2) is 11.8 Å². The van der Waals surface area contributed by atoms with Crippen LogP contribution in [0.5, 0.6) is 5.75 Å². The molecule has 0 saturated carbocycles. The molecule has 0 aliphatic carbocycles. The quantitative estimate of drug-likeness (QED) is 0.556. The summed E-state index contributed by atoms with van der Waals surface area (Å²) in [5, 5.41) is 14.4. The topological polar surface area (TPSA) is 125 Å². The number of carboxylic acid groups (broad SMARTS) is 1. The van der Waals surface area contributed by atoms with Crippen LogP contribution < -0.4 is 15.4 Å². The number of benzene rings is 2. The Hall–Kier alpha value is -4.14. The molecule has 0 aromatic heterocycles. The van der Waals surface area contributed by atoms with Crippen molar-refractivity contribution in [2.45, 2.75) is 25.4 Å². The van der Waals surface area contributed by atoms with E-state index < -0.39 is 42.2 Å². The standard InChI is InChI=1S/C24H25N3O6/c1-14-13-27(2)23(31)21(22(14)30)26-24(32)25-18(12-20(28)29)16-9-10-19(33-3)17(11-16)15-7-5-4-6-8-15/h4-11,13,18,21H,12H2,1-3H3,(H,28,29)(H2,25,26,32). The minimum atomic E-state index is -1.37. The van der Waals surface area contributed by atoms with Gasteiger partial charge < -0.3 is 25.4 Å². The normalized spacial score (nSPS) is 16.6. The Morgan fingerprint density at radius 3 is 2.48 bits per heavy atom. The zero-order valence-electron chi connectivity index (χ0n) is 18.5. The van der Waals surface area contributed by atoms with Crippen LogP contribution >= 0.6 is 0 Å². The van der Waals surface area contributed by atoms with Crippen LogP contribution in [0.4, 0.5) is 4.79 Å². The fraction of sp³-hybridized carbons (Fsp3) is 0.250. The molecule has 0 fully saturated rings. The van der Waals surface area contributed by atoms with E-state index in [4.69, 9.17) is 4.74 Å². The van der Waals surface area contributed by atoms with Crippen molar-refractivity contribution in [2.24, 2.45) is 0 Å². The van der Waals surface area contributed by atoms with Crippen LogP contribution in [0.2, 0.25) is 0 Å². The lowest BCUT2D eigenvalue weighted by molar-refractivity contribution is -0.138. The van der Waals surface area contributed by atoms with E-state index in [2.05, 4.69) is 10.6 Å². The van der Waals surface area contributed by atoms with Crippen LogP contribution in [-0.4, -0.2) is 53.9 Å². The van der Waals surface area contributed by atoms with Gasteiger partial charge in [0.2, 0.25) is 0 Å². The number of aliphatic carboxylic acids is 1. The number of urea groups is 1. The van der Waals surface area contributed by atoms with E-state index >= 15 is 0 Å². The summed E-state index contributed by atoms with van der Waals surface area (Å²) in [6.45, 7) is 1.55. The largest absolute Gasteiger partial charge is 0.496 e. The van der Waals surface area contributed by atoms with Gasteiger partial charge in [0.05, 0.1) is 19.6 Å². The molecule has 2 aromatic rings. The summed E-state index contributed by atoms with van der Waals surface area (Å²) < 4.78 is 5.44. The number of carbonyl (C=O) groups is 4. The van der Waals surface area contributed by atoms with Gasteiger partial charge in [-0.05, 0) is 30.2 Å². The van der Waals surface area contributed by atoms with E-state index in [-0.39, 0.29) is 0 Å². The highest BCUT2D eigenvalue weighted by atomic mass is 16.5. The fourth-order valence-corrected chi connectivity index (χ4v) is 3.63. The highest BCUT2D eigenvalue weighted by Crippen LogP contribution is 2.33.